The number of rotatable bonds is 20. The lowest BCUT2D eigenvalue weighted by atomic mass is 10.0. The molecule has 24 nitrogen and oxygen atoms in total. The Balaban J connectivity index is 0.000000504. The van der Waals surface area contributed by atoms with Gasteiger partial charge in [-0.2, -0.15) is 0 Å². The molecule has 0 unspecified atom stereocenters. The first-order valence-corrected chi connectivity index (χ1v) is 13.0. The van der Waals surface area contributed by atoms with E-state index in [9.17, 15) is 59.8 Å². The van der Waals surface area contributed by atoms with Crippen molar-refractivity contribution in [3.8, 4) is 0 Å². The lowest BCUT2D eigenvalue weighted by molar-refractivity contribution is -0.831. The molecule has 2 rings (SSSR count). The van der Waals surface area contributed by atoms with E-state index in [1.54, 1.807) is 18.2 Å². The van der Waals surface area contributed by atoms with Crippen molar-refractivity contribution in [1.29, 1.82) is 0 Å². The normalized spacial score (nSPS) is 12.8. The molecule has 3 N–H and O–H groups in total. The molecule has 0 radical (unpaired) electrons. The van der Waals surface area contributed by atoms with Crippen molar-refractivity contribution in [3.63, 3.8) is 0 Å². The Labute approximate surface area is 270 Å². The Hall–Kier alpha value is -6.11. The first kappa shape index (κ1) is 39.9. The van der Waals surface area contributed by atoms with Crippen molar-refractivity contribution >= 4 is 28.9 Å². The fourth-order valence-electron chi connectivity index (χ4n) is 3.74. The van der Waals surface area contributed by atoms with E-state index < -0.39 is 74.8 Å². The van der Waals surface area contributed by atoms with Gasteiger partial charge in [-0.15, -0.1) is 50.6 Å². The summed E-state index contributed by atoms with van der Waals surface area (Å²) in [4.78, 5) is 83.8. The van der Waals surface area contributed by atoms with Gasteiger partial charge in [0.15, 0.2) is 18.3 Å². The highest BCUT2D eigenvalue weighted by molar-refractivity contribution is 6.33. The topological polar surface area (TPSA) is 323 Å². The molecular weight excluding hydrogens is 689 g/mol. The monoisotopic (exact) mass is 713 g/mol. The number of aliphatic carboxylic acids is 1. The average molecular weight is 714 g/mol. The van der Waals surface area contributed by atoms with E-state index >= 15 is 0 Å². The Morgan fingerprint density at radius 1 is 0.875 bits per heavy atom. The first-order chi connectivity index (χ1) is 22.4. The minimum atomic E-state index is -2.51. The molecule has 26 heteroatoms. The van der Waals surface area contributed by atoms with Gasteiger partial charge in [0.1, 0.15) is 18.5 Å². The third-order valence-electron chi connectivity index (χ3n) is 5.49. The number of hydrogen-bond donors (Lipinski definition) is 3. The zero-order valence-corrected chi connectivity index (χ0v) is 25.1. The van der Waals surface area contributed by atoms with Crippen LogP contribution in [0, 0.1) is 63.3 Å². The standard InChI is InChI=1S/C15H13ClFNO2.C7H12N6O15/c1-9-5-6-13(10(7-9)8-14(19)20)18-15-11(16)3-2-4-12(15)17;1-8-2-4(25-10(16)17)6(27-12(20)21)7(28-13(22)23)5(26-11(18)19)3-24-9(14)15/h2-7,18H,8H2,1H3,(H,19,20);4-8H,2-3H2,1H3/t;4-,5+,6+,7+/m.0/s1. The van der Waals surface area contributed by atoms with Crippen LogP contribution in [0.5, 0.6) is 0 Å². The number of aryl methyl sites for hydroxylation is 1. The Morgan fingerprint density at radius 3 is 1.90 bits per heavy atom. The van der Waals surface area contributed by atoms with E-state index in [1.807, 2.05) is 13.0 Å². The van der Waals surface area contributed by atoms with Crippen molar-refractivity contribution in [3.05, 3.63) is 109 Å². The van der Waals surface area contributed by atoms with Gasteiger partial charge in [-0.1, -0.05) is 35.4 Å². The molecule has 264 valence electrons. The third kappa shape index (κ3) is 14.3. The van der Waals surface area contributed by atoms with E-state index in [4.69, 9.17) is 16.7 Å². The van der Waals surface area contributed by atoms with Gasteiger partial charge in [-0.3, -0.25) is 4.79 Å². The summed E-state index contributed by atoms with van der Waals surface area (Å²) in [5, 5.41) is 59.6. The third-order valence-corrected chi connectivity index (χ3v) is 5.80. The Bertz CT molecular complexity index is 1450. The number of hydrogen-bond acceptors (Lipinski definition) is 18. The van der Waals surface area contributed by atoms with Gasteiger partial charge < -0.3 is 39.9 Å². The van der Waals surface area contributed by atoms with E-state index in [2.05, 4.69) is 34.8 Å². The van der Waals surface area contributed by atoms with Crippen LogP contribution in [0.2, 0.25) is 5.02 Å². The molecule has 0 saturated carbocycles. The zero-order valence-electron chi connectivity index (χ0n) is 24.4. The number of benzene rings is 2. The van der Waals surface area contributed by atoms with Gasteiger partial charge in [0.2, 0.25) is 0 Å². The largest absolute Gasteiger partial charge is 0.481 e. The molecule has 2 aromatic rings. The molecular formula is C22H25ClFN7O17. The summed E-state index contributed by atoms with van der Waals surface area (Å²) in [6.07, 6.45) is -9.44. The zero-order chi connectivity index (χ0) is 36.6. The minimum absolute atomic E-state index is 0.143. The van der Waals surface area contributed by atoms with Crippen molar-refractivity contribution in [2.75, 3.05) is 25.5 Å². The van der Waals surface area contributed by atoms with Gasteiger partial charge in [0.05, 0.1) is 17.1 Å². The molecule has 4 atom stereocenters. The lowest BCUT2D eigenvalue weighted by Crippen LogP contribution is -2.55. The van der Waals surface area contributed by atoms with Crippen LogP contribution in [-0.2, 0) is 35.4 Å². The number of carboxylic acid groups (broad SMARTS) is 1. The van der Waals surface area contributed by atoms with Gasteiger partial charge in [0, 0.05) is 12.2 Å². The number of halogens is 2. The molecule has 0 aliphatic carbocycles. The van der Waals surface area contributed by atoms with Gasteiger partial charge >= 0.3 is 5.97 Å². The molecule has 0 aliphatic rings. The summed E-state index contributed by atoms with van der Waals surface area (Å²) in [7, 11) is 1.20. The van der Waals surface area contributed by atoms with Gasteiger partial charge in [-0.05, 0) is 37.7 Å². The predicted molar refractivity (Wildman–Crippen MR) is 152 cm³/mol. The number of nitrogens with zero attached hydrogens (tertiary/aromatic N) is 5. The van der Waals surface area contributed by atoms with Crippen LogP contribution in [-0.4, -0.2) is 81.1 Å². The van der Waals surface area contributed by atoms with Crippen molar-refractivity contribution in [2.24, 2.45) is 0 Å². The number of likely N-dealkylation sites (N-methyl/N-ethyl adjacent to an activating group) is 1. The average Bonchev–Trinajstić information content (AvgIpc) is 2.95. The molecule has 48 heavy (non-hydrogen) atoms. The molecule has 0 spiro atoms. The maximum atomic E-state index is 13.7. The van der Waals surface area contributed by atoms with Crippen LogP contribution < -0.4 is 10.6 Å². The summed E-state index contributed by atoms with van der Waals surface area (Å²) in [5.41, 5.74) is 2.19. The molecule has 0 bridgehead atoms. The lowest BCUT2D eigenvalue weighted by Gasteiger charge is -2.32. The maximum absolute atomic E-state index is 13.7. The molecule has 0 aromatic heterocycles. The minimum Gasteiger partial charge on any atom is -0.481 e. The number of nitrogens with one attached hydrogen (secondary N) is 2. The first-order valence-electron chi connectivity index (χ1n) is 12.6. The highest BCUT2D eigenvalue weighted by Gasteiger charge is 2.44. The van der Waals surface area contributed by atoms with Crippen molar-refractivity contribution in [1.82, 2.24) is 5.32 Å². The van der Waals surface area contributed by atoms with E-state index in [-0.39, 0.29) is 17.1 Å². The second-order valence-electron chi connectivity index (χ2n) is 8.85. The van der Waals surface area contributed by atoms with E-state index in [0.717, 1.165) is 5.56 Å². The molecule has 0 aliphatic heterocycles. The molecule has 2 aromatic carbocycles. The fourth-order valence-corrected chi connectivity index (χ4v) is 3.95. The van der Waals surface area contributed by atoms with Crippen molar-refractivity contribution < 1.29 is 63.9 Å². The summed E-state index contributed by atoms with van der Waals surface area (Å²) in [6, 6.07) is 9.66. The maximum Gasteiger partial charge on any atom is 0.307 e. The Kier molecular flexibility index (Phi) is 16.1. The molecule has 0 heterocycles. The smallest absolute Gasteiger partial charge is 0.307 e. The molecule has 0 amide bonds. The quantitative estimate of drug-likeness (QED) is 0.130. The van der Waals surface area contributed by atoms with Crippen LogP contribution in [0.15, 0.2) is 36.4 Å². The van der Waals surface area contributed by atoms with Crippen LogP contribution in [0.4, 0.5) is 15.8 Å². The van der Waals surface area contributed by atoms with Gasteiger partial charge in [-0.25, -0.2) is 4.39 Å². The van der Waals surface area contributed by atoms with E-state index in [1.165, 1.54) is 19.2 Å². The summed E-state index contributed by atoms with van der Waals surface area (Å²) in [5.74, 6) is -1.43. The summed E-state index contributed by atoms with van der Waals surface area (Å²) < 4.78 is 13.7. The second kappa shape index (κ2) is 19.4. The number of carboxylic acids is 1. The molecule has 0 saturated heterocycles. The summed E-state index contributed by atoms with van der Waals surface area (Å²) in [6.45, 7) is -0.141. The van der Waals surface area contributed by atoms with Gasteiger partial charge in [0.25, 0.3) is 25.4 Å². The Morgan fingerprint density at radius 2 is 1.42 bits per heavy atom. The summed E-state index contributed by atoms with van der Waals surface area (Å²) >= 11 is 5.95. The molecule has 0 fully saturated rings. The predicted octanol–water partition coefficient (Wildman–Crippen LogP) is 1.88. The number of carbonyl (C=O) groups is 1. The van der Waals surface area contributed by atoms with Crippen molar-refractivity contribution in [2.45, 2.75) is 37.8 Å². The van der Waals surface area contributed by atoms with Crippen LogP contribution in [0.3, 0.4) is 0 Å². The number of anilines is 2. The SMILES string of the molecule is CNC[C@H](O[N+](=O)[O-])[C@@H](O[N+](=O)[O-])[C@H](O[N+](=O)[O-])[C@@H](CO[N+](=O)[O-])O[N+](=O)[O-].Cc1ccc(Nc2c(F)cccc2Cl)c(CC(=O)O)c1. The highest BCUT2D eigenvalue weighted by atomic mass is 35.5. The highest BCUT2D eigenvalue weighted by Crippen LogP contribution is 2.30. The van der Waals surface area contributed by atoms with E-state index in [0.29, 0.717) is 11.3 Å². The second-order valence-corrected chi connectivity index (χ2v) is 9.26. The fraction of sp³-hybridized carbons (Fsp3) is 0.409. The van der Waals surface area contributed by atoms with Crippen LogP contribution >= 0.6 is 11.6 Å². The van der Waals surface area contributed by atoms with Crippen LogP contribution in [0.1, 0.15) is 11.1 Å². The number of para-hydroxylation sites is 1. The van der Waals surface area contributed by atoms with Crippen LogP contribution in [0.25, 0.3) is 0 Å².